The molecule has 144 valence electrons. The second-order valence-electron chi connectivity index (χ2n) is 6.02. The maximum Gasteiger partial charge on any atom is 0.414 e. The Morgan fingerprint density at radius 2 is 2.30 bits per heavy atom. The van der Waals surface area contributed by atoms with Crippen molar-refractivity contribution in [3.05, 3.63) is 36.4 Å². The number of amides is 2. The van der Waals surface area contributed by atoms with Crippen LogP contribution in [0.3, 0.4) is 0 Å². The Hall–Kier alpha value is -3.30. The van der Waals surface area contributed by atoms with Crippen LogP contribution in [0.2, 0.25) is 0 Å². The summed E-state index contributed by atoms with van der Waals surface area (Å²) in [7, 11) is 1.44. The molecule has 2 aliphatic rings. The van der Waals surface area contributed by atoms with Gasteiger partial charge in [0.1, 0.15) is 25.4 Å². The lowest BCUT2D eigenvalue weighted by atomic mass is 10.2. The van der Waals surface area contributed by atoms with E-state index in [-0.39, 0.29) is 19.0 Å². The number of carbonyl (C=O) groups excluding carboxylic acids is 2. The molecule has 9 nitrogen and oxygen atoms in total. The molecule has 0 aliphatic carbocycles. The summed E-state index contributed by atoms with van der Waals surface area (Å²) in [5.74, 6) is -0.677. The molecule has 3 rings (SSSR count). The third-order valence-electron chi connectivity index (χ3n) is 4.06. The van der Waals surface area contributed by atoms with Crippen molar-refractivity contribution in [2.75, 3.05) is 36.7 Å². The predicted octanol–water partition coefficient (Wildman–Crippen LogP) is 1.43. The fourth-order valence-electron chi connectivity index (χ4n) is 2.77. The maximum atomic E-state index is 14.6. The summed E-state index contributed by atoms with van der Waals surface area (Å²) in [5.41, 5.74) is 0.762. The minimum absolute atomic E-state index is 0.205. The largest absolute Gasteiger partial charge is 0.442 e. The number of oxime groups is 1. The van der Waals surface area contributed by atoms with E-state index in [2.05, 4.69) is 15.3 Å². The molecule has 0 radical (unpaired) electrons. The standard InChI is InChI=1S/C17H20FN5O4/c1-12(24)19-8-14-9-23(17(25)27-14)13-3-4-16(15(18)7-13)22-6-5-21(11-22)10-20-26-2/h3-7,10,14H,8-9,11H2,1-2H3,(H,19,24)/b20-10+/t14-/m0/s1. The molecule has 0 spiro atoms. The number of rotatable bonds is 6. The highest BCUT2D eigenvalue weighted by atomic mass is 19.1. The third kappa shape index (κ3) is 4.27. The molecule has 0 bridgehead atoms. The molecule has 2 heterocycles. The van der Waals surface area contributed by atoms with Crippen molar-refractivity contribution in [2.45, 2.75) is 13.0 Å². The third-order valence-corrected chi connectivity index (χ3v) is 4.06. The zero-order chi connectivity index (χ0) is 19.4. The zero-order valence-corrected chi connectivity index (χ0v) is 15.0. The molecule has 1 aromatic rings. The predicted molar refractivity (Wildman–Crippen MR) is 96.5 cm³/mol. The van der Waals surface area contributed by atoms with E-state index in [4.69, 9.17) is 4.74 Å². The Morgan fingerprint density at radius 3 is 3.00 bits per heavy atom. The molecule has 10 heteroatoms. The van der Waals surface area contributed by atoms with Gasteiger partial charge in [-0.2, -0.15) is 0 Å². The van der Waals surface area contributed by atoms with E-state index in [1.54, 1.807) is 34.3 Å². The molecule has 2 amide bonds. The molecule has 0 unspecified atom stereocenters. The highest BCUT2D eigenvalue weighted by Gasteiger charge is 2.33. The number of anilines is 2. The van der Waals surface area contributed by atoms with Crippen molar-refractivity contribution in [2.24, 2.45) is 5.16 Å². The number of hydrogen-bond acceptors (Lipinski definition) is 6. The summed E-state index contributed by atoms with van der Waals surface area (Å²) in [5, 5.41) is 6.26. The lowest BCUT2D eigenvalue weighted by Gasteiger charge is -2.20. The highest BCUT2D eigenvalue weighted by Crippen LogP contribution is 2.29. The van der Waals surface area contributed by atoms with E-state index in [0.29, 0.717) is 18.0 Å². The van der Waals surface area contributed by atoms with Gasteiger partial charge < -0.3 is 24.7 Å². The number of nitrogens with one attached hydrogen (secondary N) is 1. The van der Waals surface area contributed by atoms with Crippen LogP contribution in [0.5, 0.6) is 0 Å². The van der Waals surface area contributed by atoms with Gasteiger partial charge in [0.2, 0.25) is 5.91 Å². The maximum absolute atomic E-state index is 14.6. The Balaban J connectivity index is 1.67. The van der Waals surface area contributed by atoms with Crippen LogP contribution in [0.1, 0.15) is 6.92 Å². The van der Waals surface area contributed by atoms with Gasteiger partial charge in [-0.1, -0.05) is 5.16 Å². The normalized spacial score (nSPS) is 19.1. The first-order valence-electron chi connectivity index (χ1n) is 8.27. The van der Waals surface area contributed by atoms with Crippen LogP contribution in [0.15, 0.2) is 35.8 Å². The first-order valence-corrected chi connectivity index (χ1v) is 8.27. The molecule has 2 aliphatic heterocycles. The van der Waals surface area contributed by atoms with Crippen molar-refractivity contribution in [3.63, 3.8) is 0 Å². The summed E-state index contributed by atoms with van der Waals surface area (Å²) in [6, 6.07) is 4.54. The molecule has 1 fully saturated rings. The van der Waals surface area contributed by atoms with Crippen LogP contribution in [0.25, 0.3) is 0 Å². The Kier molecular flexibility index (Phi) is 5.43. The van der Waals surface area contributed by atoms with Gasteiger partial charge in [-0.15, -0.1) is 0 Å². The van der Waals surface area contributed by atoms with Crippen LogP contribution < -0.4 is 15.1 Å². The van der Waals surface area contributed by atoms with Gasteiger partial charge in [-0.3, -0.25) is 9.69 Å². The van der Waals surface area contributed by atoms with Crippen molar-refractivity contribution in [1.82, 2.24) is 10.2 Å². The van der Waals surface area contributed by atoms with E-state index in [1.165, 1.54) is 31.3 Å². The Bertz CT molecular complexity index is 785. The molecule has 0 saturated carbocycles. The number of benzene rings is 1. The minimum Gasteiger partial charge on any atom is -0.442 e. The van der Waals surface area contributed by atoms with Crippen molar-refractivity contribution in [3.8, 4) is 0 Å². The van der Waals surface area contributed by atoms with Crippen LogP contribution in [0, 0.1) is 5.82 Å². The van der Waals surface area contributed by atoms with E-state index in [1.807, 2.05) is 0 Å². The zero-order valence-electron chi connectivity index (χ0n) is 15.0. The second-order valence-corrected chi connectivity index (χ2v) is 6.02. The van der Waals surface area contributed by atoms with Gasteiger partial charge in [0.25, 0.3) is 0 Å². The average Bonchev–Trinajstić information content (AvgIpc) is 3.24. The highest BCUT2D eigenvalue weighted by molar-refractivity contribution is 5.90. The second kappa shape index (κ2) is 7.94. The van der Waals surface area contributed by atoms with Crippen LogP contribution in [0.4, 0.5) is 20.6 Å². The van der Waals surface area contributed by atoms with Crippen molar-refractivity contribution < 1.29 is 23.6 Å². The Labute approximate surface area is 155 Å². The van der Waals surface area contributed by atoms with E-state index >= 15 is 0 Å². The van der Waals surface area contributed by atoms with Crippen molar-refractivity contribution >= 4 is 29.7 Å². The number of ether oxygens (including phenoxy) is 1. The lowest BCUT2D eigenvalue weighted by molar-refractivity contribution is -0.119. The SMILES string of the molecule is CO/N=C/N1C=CN(c2ccc(N3C[C@H](CNC(C)=O)OC3=O)cc2F)C1. The number of halogens is 1. The van der Waals surface area contributed by atoms with E-state index < -0.39 is 18.0 Å². The topological polar surface area (TPSA) is 86.7 Å². The molecule has 1 aromatic carbocycles. The van der Waals surface area contributed by atoms with Gasteiger partial charge in [0, 0.05) is 19.3 Å². The van der Waals surface area contributed by atoms with Gasteiger partial charge in [0.15, 0.2) is 0 Å². The van der Waals surface area contributed by atoms with E-state index in [9.17, 15) is 14.0 Å². The fourth-order valence-corrected chi connectivity index (χ4v) is 2.77. The number of nitrogens with zero attached hydrogens (tertiary/aromatic N) is 4. The Morgan fingerprint density at radius 1 is 1.48 bits per heavy atom. The van der Waals surface area contributed by atoms with Gasteiger partial charge in [0.05, 0.1) is 31.1 Å². The summed E-state index contributed by atoms with van der Waals surface area (Å²) in [6.07, 6.45) is 3.89. The molecule has 1 saturated heterocycles. The molecule has 0 aromatic heterocycles. The first-order chi connectivity index (χ1) is 13.0. The monoisotopic (exact) mass is 377 g/mol. The lowest BCUT2D eigenvalue weighted by Crippen LogP contribution is -2.33. The van der Waals surface area contributed by atoms with Crippen molar-refractivity contribution in [1.29, 1.82) is 0 Å². The number of carbonyl (C=O) groups is 2. The summed E-state index contributed by atoms with van der Waals surface area (Å²) in [6.45, 7) is 2.23. The molecule has 27 heavy (non-hydrogen) atoms. The van der Waals surface area contributed by atoms with Crippen LogP contribution in [-0.4, -0.2) is 56.2 Å². The number of cyclic esters (lactones) is 1. The van der Waals surface area contributed by atoms with Gasteiger partial charge in [-0.25, -0.2) is 9.18 Å². The first kappa shape index (κ1) is 18.5. The molecule has 1 N–H and O–H groups in total. The number of hydrogen-bond donors (Lipinski definition) is 1. The van der Waals surface area contributed by atoms with Crippen LogP contribution >= 0.6 is 0 Å². The van der Waals surface area contributed by atoms with Gasteiger partial charge in [-0.05, 0) is 18.2 Å². The van der Waals surface area contributed by atoms with Gasteiger partial charge >= 0.3 is 6.09 Å². The summed E-state index contributed by atoms with van der Waals surface area (Å²) in [4.78, 5) is 32.4. The smallest absolute Gasteiger partial charge is 0.414 e. The van der Waals surface area contributed by atoms with Crippen LogP contribution in [-0.2, 0) is 14.4 Å². The average molecular weight is 377 g/mol. The molecular formula is C17H20FN5O4. The minimum atomic E-state index is -0.569. The summed E-state index contributed by atoms with van der Waals surface area (Å²) < 4.78 is 19.8. The summed E-state index contributed by atoms with van der Waals surface area (Å²) >= 11 is 0. The van der Waals surface area contributed by atoms with E-state index in [0.717, 1.165) is 0 Å². The molecule has 1 atom stereocenters. The fraction of sp³-hybridized carbons (Fsp3) is 0.353. The molecular weight excluding hydrogens is 357 g/mol. The quantitative estimate of drug-likeness (QED) is 0.459.